The molecule has 2 aromatic heterocycles. The topological polar surface area (TPSA) is 75.0 Å². The second kappa shape index (κ2) is 7.45. The van der Waals surface area contributed by atoms with E-state index in [2.05, 4.69) is 15.0 Å². The Bertz CT molecular complexity index is 1020. The minimum absolute atomic E-state index is 0.0231. The Balaban J connectivity index is 1.34. The maximum absolute atomic E-state index is 12.4. The number of aromatic amines is 1. The minimum Gasteiger partial charge on any atom is -0.441 e. The van der Waals surface area contributed by atoms with Crippen LogP contribution in [0.4, 0.5) is 0 Å². The molecule has 0 aliphatic heterocycles. The number of nitrogens with zero attached hydrogens (tertiary/aromatic N) is 3. The molecule has 6 nitrogen and oxygen atoms in total. The highest BCUT2D eigenvalue weighted by molar-refractivity contribution is 5.77. The average Bonchev–Trinajstić information content (AvgIpc) is 3.33. The summed E-state index contributed by atoms with van der Waals surface area (Å²) in [5.41, 5.74) is 2.85. The van der Waals surface area contributed by atoms with Gasteiger partial charge in [-0.1, -0.05) is 42.5 Å². The number of imidazole rings is 1. The summed E-state index contributed by atoms with van der Waals surface area (Å²) in [6.45, 7) is 0.439. The van der Waals surface area contributed by atoms with Crippen LogP contribution in [0.15, 0.2) is 65.2 Å². The first-order chi connectivity index (χ1) is 13.2. The quantitative estimate of drug-likeness (QED) is 0.567. The van der Waals surface area contributed by atoms with Crippen molar-refractivity contribution in [2.75, 3.05) is 7.05 Å². The molecule has 0 saturated heterocycles. The number of hydrogen-bond acceptors (Lipinski definition) is 4. The fourth-order valence-electron chi connectivity index (χ4n) is 2.96. The summed E-state index contributed by atoms with van der Waals surface area (Å²) >= 11 is 0. The van der Waals surface area contributed by atoms with Gasteiger partial charge in [0.25, 0.3) is 0 Å². The van der Waals surface area contributed by atoms with E-state index in [-0.39, 0.29) is 5.91 Å². The van der Waals surface area contributed by atoms with Gasteiger partial charge in [-0.3, -0.25) is 4.79 Å². The van der Waals surface area contributed by atoms with Crippen LogP contribution >= 0.6 is 0 Å². The normalized spacial score (nSPS) is 11.0. The molecular weight excluding hydrogens is 340 g/mol. The van der Waals surface area contributed by atoms with Gasteiger partial charge < -0.3 is 14.3 Å². The third-order valence-electron chi connectivity index (χ3n) is 4.42. The molecule has 1 N–H and O–H groups in total. The van der Waals surface area contributed by atoms with E-state index in [0.717, 1.165) is 22.4 Å². The number of oxazole rings is 1. The molecule has 2 aromatic carbocycles. The van der Waals surface area contributed by atoms with Crippen LogP contribution in [0.1, 0.15) is 18.1 Å². The smallest absolute Gasteiger partial charge is 0.223 e. The Hall–Kier alpha value is -3.41. The van der Waals surface area contributed by atoms with Gasteiger partial charge in [-0.25, -0.2) is 9.97 Å². The highest BCUT2D eigenvalue weighted by atomic mass is 16.4. The first-order valence-electron chi connectivity index (χ1n) is 8.87. The van der Waals surface area contributed by atoms with E-state index in [1.165, 1.54) is 0 Å². The molecule has 0 radical (unpaired) electrons. The zero-order valence-electron chi connectivity index (χ0n) is 15.1. The minimum atomic E-state index is 0.0231. The first kappa shape index (κ1) is 17.0. The van der Waals surface area contributed by atoms with Crippen LogP contribution in [-0.2, 0) is 17.8 Å². The molecule has 4 aromatic rings. The number of rotatable bonds is 6. The number of carbonyl (C=O) groups is 1. The summed E-state index contributed by atoms with van der Waals surface area (Å²) < 4.78 is 5.76. The Morgan fingerprint density at radius 3 is 2.70 bits per heavy atom. The van der Waals surface area contributed by atoms with Gasteiger partial charge in [0.05, 0.1) is 23.8 Å². The number of carbonyl (C=O) groups excluding carboxylic acids is 1. The number of para-hydroxylation sites is 2. The largest absolute Gasteiger partial charge is 0.441 e. The van der Waals surface area contributed by atoms with Gasteiger partial charge in [-0.2, -0.15) is 0 Å². The van der Waals surface area contributed by atoms with E-state index >= 15 is 0 Å². The molecule has 136 valence electrons. The third-order valence-corrected chi connectivity index (χ3v) is 4.42. The van der Waals surface area contributed by atoms with Crippen molar-refractivity contribution in [1.82, 2.24) is 19.9 Å². The van der Waals surface area contributed by atoms with Gasteiger partial charge in [-0.15, -0.1) is 0 Å². The van der Waals surface area contributed by atoms with Crippen LogP contribution in [0, 0.1) is 0 Å². The lowest BCUT2D eigenvalue weighted by Gasteiger charge is -2.15. The van der Waals surface area contributed by atoms with Crippen molar-refractivity contribution in [3.05, 3.63) is 72.5 Å². The molecule has 0 spiro atoms. The van der Waals surface area contributed by atoms with E-state index in [1.54, 1.807) is 18.1 Å². The van der Waals surface area contributed by atoms with Crippen LogP contribution in [0.2, 0.25) is 0 Å². The van der Waals surface area contributed by atoms with Gasteiger partial charge in [-0.05, 0) is 12.1 Å². The second-order valence-corrected chi connectivity index (χ2v) is 6.43. The zero-order valence-corrected chi connectivity index (χ0v) is 15.1. The Labute approximate surface area is 156 Å². The molecule has 4 rings (SSSR count). The highest BCUT2D eigenvalue weighted by Crippen LogP contribution is 2.20. The lowest BCUT2D eigenvalue weighted by molar-refractivity contribution is -0.130. The molecule has 0 aliphatic carbocycles. The summed E-state index contributed by atoms with van der Waals surface area (Å²) in [6.07, 6.45) is 2.51. The van der Waals surface area contributed by atoms with Crippen LogP contribution in [0.25, 0.3) is 22.4 Å². The number of H-pyrrole nitrogens is 1. The third kappa shape index (κ3) is 3.89. The van der Waals surface area contributed by atoms with Crippen molar-refractivity contribution in [3.8, 4) is 11.3 Å². The molecule has 27 heavy (non-hydrogen) atoms. The van der Waals surface area contributed by atoms with Crippen LogP contribution in [0.3, 0.4) is 0 Å². The zero-order chi connectivity index (χ0) is 18.6. The summed E-state index contributed by atoms with van der Waals surface area (Å²) in [7, 11) is 1.78. The second-order valence-electron chi connectivity index (χ2n) is 6.43. The molecule has 0 aliphatic rings. The predicted octanol–water partition coefficient (Wildman–Crippen LogP) is 3.81. The lowest BCUT2D eigenvalue weighted by Crippen LogP contribution is -2.26. The summed E-state index contributed by atoms with van der Waals surface area (Å²) in [4.78, 5) is 26.1. The van der Waals surface area contributed by atoms with Gasteiger partial charge in [0, 0.05) is 25.5 Å². The average molecular weight is 360 g/mol. The summed E-state index contributed by atoms with van der Waals surface area (Å²) in [6, 6.07) is 17.6. The Morgan fingerprint density at radius 2 is 1.89 bits per heavy atom. The van der Waals surface area contributed by atoms with Crippen molar-refractivity contribution >= 4 is 16.9 Å². The van der Waals surface area contributed by atoms with E-state index < -0.39 is 0 Å². The molecule has 0 saturated carbocycles. The van der Waals surface area contributed by atoms with Gasteiger partial charge >= 0.3 is 0 Å². The van der Waals surface area contributed by atoms with Crippen molar-refractivity contribution in [1.29, 1.82) is 0 Å². The fourth-order valence-corrected chi connectivity index (χ4v) is 2.96. The molecule has 0 bridgehead atoms. The number of benzene rings is 2. The molecule has 6 heteroatoms. The fraction of sp³-hybridized carbons (Fsp3) is 0.190. The van der Waals surface area contributed by atoms with Crippen molar-refractivity contribution in [2.45, 2.75) is 19.4 Å². The molecular formula is C21H20N4O2. The van der Waals surface area contributed by atoms with Gasteiger partial charge in [0.15, 0.2) is 11.7 Å². The van der Waals surface area contributed by atoms with E-state index in [0.29, 0.717) is 31.0 Å². The maximum atomic E-state index is 12.4. The van der Waals surface area contributed by atoms with Crippen molar-refractivity contribution in [3.63, 3.8) is 0 Å². The van der Waals surface area contributed by atoms with Crippen LogP contribution in [0.5, 0.6) is 0 Å². The molecule has 0 unspecified atom stereocenters. The molecule has 1 amide bonds. The molecule has 0 fully saturated rings. The number of aromatic nitrogens is 3. The van der Waals surface area contributed by atoms with Gasteiger partial charge in [0.1, 0.15) is 5.82 Å². The Morgan fingerprint density at radius 1 is 1.11 bits per heavy atom. The van der Waals surface area contributed by atoms with Crippen LogP contribution in [-0.4, -0.2) is 32.8 Å². The predicted molar refractivity (Wildman–Crippen MR) is 103 cm³/mol. The standard InChI is InChI=1S/C21H20N4O2/c1-25(14-19-23-16-9-5-6-10-17(16)24-19)21(26)12-11-20-22-13-18(27-20)15-7-3-2-4-8-15/h2-10,13H,11-12,14H2,1H3,(H,23,24). The number of hydrogen-bond donors (Lipinski definition) is 1. The van der Waals surface area contributed by atoms with Crippen molar-refractivity contribution in [2.24, 2.45) is 0 Å². The molecule has 2 heterocycles. The monoisotopic (exact) mass is 360 g/mol. The van der Waals surface area contributed by atoms with Crippen LogP contribution < -0.4 is 0 Å². The number of amides is 1. The molecule has 0 atom stereocenters. The van der Waals surface area contributed by atoms with Crippen molar-refractivity contribution < 1.29 is 9.21 Å². The maximum Gasteiger partial charge on any atom is 0.223 e. The number of fused-ring (bicyclic) bond motifs is 1. The van der Waals surface area contributed by atoms with E-state index in [9.17, 15) is 4.79 Å². The SMILES string of the molecule is CN(Cc1nc2ccccc2[nH]1)C(=O)CCc1ncc(-c2ccccc2)o1. The number of nitrogens with one attached hydrogen (secondary N) is 1. The van der Waals surface area contributed by atoms with Gasteiger partial charge in [0.2, 0.25) is 5.91 Å². The highest BCUT2D eigenvalue weighted by Gasteiger charge is 2.14. The van der Waals surface area contributed by atoms with E-state index in [4.69, 9.17) is 4.42 Å². The lowest BCUT2D eigenvalue weighted by atomic mass is 10.2. The van der Waals surface area contributed by atoms with E-state index in [1.807, 2.05) is 54.6 Å². The number of aryl methyl sites for hydroxylation is 1. The summed E-state index contributed by atoms with van der Waals surface area (Å²) in [5, 5.41) is 0. The Kier molecular flexibility index (Phi) is 4.70. The first-order valence-corrected chi connectivity index (χ1v) is 8.87. The summed E-state index contributed by atoms with van der Waals surface area (Å²) in [5.74, 6) is 2.08.